The quantitative estimate of drug-likeness (QED) is 0.275. The number of carboxylic acids is 1. The number of carbonyl (C=O) groups is 2. The molecule has 0 aliphatic rings. The van der Waals surface area contributed by atoms with Gasteiger partial charge in [0.1, 0.15) is 28.4 Å². The molecule has 4 rings (SSSR count). The van der Waals surface area contributed by atoms with Crippen molar-refractivity contribution < 1.29 is 33.3 Å². The fourth-order valence-electron chi connectivity index (χ4n) is 4.16. The fourth-order valence-corrected chi connectivity index (χ4v) is 4.16. The number of fused-ring (bicyclic) bond motifs is 1. The van der Waals surface area contributed by atoms with E-state index >= 15 is 0 Å². The van der Waals surface area contributed by atoms with Crippen molar-refractivity contribution in [1.82, 2.24) is 0 Å². The van der Waals surface area contributed by atoms with E-state index in [-0.39, 0.29) is 40.2 Å². The number of methoxy groups -OCH3 is 3. The van der Waals surface area contributed by atoms with Gasteiger partial charge in [-0.15, -0.1) is 0 Å². The summed E-state index contributed by atoms with van der Waals surface area (Å²) in [6.07, 6.45) is -0.204. The molecule has 8 heteroatoms. The highest BCUT2D eigenvalue weighted by Gasteiger charge is 2.21. The molecule has 8 nitrogen and oxygen atoms in total. The van der Waals surface area contributed by atoms with Gasteiger partial charge in [0.05, 0.1) is 21.3 Å². The number of carbonyl (C=O) groups excluding carboxylic acids is 1. The van der Waals surface area contributed by atoms with E-state index in [0.717, 1.165) is 5.56 Å². The Balaban J connectivity index is 1.73. The van der Waals surface area contributed by atoms with E-state index in [1.54, 1.807) is 39.3 Å². The molecule has 0 bridgehead atoms. The first-order valence-corrected chi connectivity index (χ1v) is 11.0. The highest BCUT2D eigenvalue weighted by molar-refractivity contribution is 6.01. The van der Waals surface area contributed by atoms with Gasteiger partial charge >= 0.3 is 11.6 Å². The molecule has 4 aromatic rings. The minimum atomic E-state index is -1.19. The van der Waals surface area contributed by atoms with Crippen molar-refractivity contribution in [1.29, 1.82) is 0 Å². The van der Waals surface area contributed by atoms with E-state index in [4.69, 9.17) is 18.6 Å². The Morgan fingerprint density at radius 3 is 2.33 bits per heavy atom. The van der Waals surface area contributed by atoms with Crippen molar-refractivity contribution in [3.63, 3.8) is 0 Å². The Kier molecular flexibility index (Phi) is 6.78. The molecule has 36 heavy (non-hydrogen) atoms. The van der Waals surface area contributed by atoms with Gasteiger partial charge in [-0.2, -0.15) is 0 Å². The van der Waals surface area contributed by atoms with Gasteiger partial charge in [-0.05, 0) is 55.0 Å². The Morgan fingerprint density at radius 1 is 0.917 bits per heavy atom. The van der Waals surface area contributed by atoms with Gasteiger partial charge in [0.15, 0.2) is 5.78 Å². The predicted molar refractivity (Wildman–Crippen MR) is 134 cm³/mol. The molecule has 0 atom stereocenters. The monoisotopic (exact) mass is 488 g/mol. The number of benzene rings is 3. The normalized spacial score (nSPS) is 10.8. The van der Waals surface area contributed by atoms with Crippen LogP contribution in [0.25, 0.3) is 22.1 Å². The van der Waals surface area contributed by atoms with Crippen LogP contribution in [0.3, 0.4) is 0 Å². The van der Waals surface area contributed by atoms with E-state index < -0.39 is 11.6 Å². The average Bonchev–Trinajstić information content (AvgIpc) is 2.88. The number of rotatable bonds is 8. The summed E-state index contributed by atoms with van der Waals surface area (Å²) in [4.78, 5) is 37.6. The molecule has 0 radical (unpaired) electrons. The molecule has 0 saturated heterocycles. The standard InChI is InChI=1S/C28H24O8/c1-15-25(27(30)31)24(35-4)14-18-10-19(28(32)36-26(15)18)13-22(29)17-8-9-23(34-3)21(12-17)16-6-5-7-20(11-16)33-2/h5-12,14H,13H2,1-4H3,(H,30,31). The molecule has 0 fully saturated rings. The minimum Gasteiger partial charge on any atom is -0.497 e. The van der Waals surface area contributed by atoms with Crippen molar-refractivity contribution in [3.05, 3.63) is 87.3 Å². The van der Waals surface area contributed by atoms with Crippen molar-refractivity contribution in [3.8, 4) is 28.4 Å². The average molecular weight is 488 g/mol. The van der Waals surface area contributed by atoms with E-state index in [0.29, 0.717) is 28.0 Å². The summed E-state index contributed by atoms with van der Waals surface area (Å²) >= 11 is 0. The number of carboxylic acid groups (broad SMARTS) is 1. The van der Waals surface area contributed by atoms with Crippen LogP contribution in [-0.2, 0) is 6.42 Å². The van der Waals surface area contributed by atoms with Crippen LogP contribution in [0.15, 0.2) is 63.8 Å². The zero-order chi connectivity index (χ0) is 26.0. The van der Waals surface area contributed by atoms with Gasteiger partial charge in [-0.25, -0.2) is 9.59 Å². The third-order valence-electron chi connectivity index (χ3n) is 5.98. The Labute approximate surface area is 206 Å². The van der Waals surface area contributed by atoms with Crippen molar-refractivity contribution in [2.45, 2.75) is 13.3 Å². The summed E-state index contributed by atoms with van der Waals surface area (Å²) in [6.45, 7) is 1.54. The first-order valence-electron chi connectivity index (χ1n) is 11.0. The molecule has 0 amide bonds. The van der Waals surface area contributed by atoms with Gasteiger partial charge in [-0.1, -0.05) is 12.1 Å². The topological polar surface area (TPSA) is 112 Å². The van der Waals surface area contributed by atoms with Crippen molar-refractivity contribution >= 4 is 22.7 Å². The first-order chi connectivity index (χ1) is 17.3. The predicted octanol–water partition coefficient (Wildman–Crippen LogP) is 4.92. The molecular weight excluding hydrogens is 464 g/mol. The SMILES string of the molecule is COc1cccc(-c2cc(C(=O)Cc3cc4cc(OC)c(C(=O)O)c(C)c4oc3=O)ccc2OC)c1. The minimum absolute atomic E-state index is 0.0831. The smallest absolute Gasteiger partial charge is 0.339 e. The molecule has 1 N–H and O–H groups in total. The van der Waals surface area contributed by atoms with Gasteiger partial charge in [-0.3, -0.25) is 4.79 Å². The molecule has 1 heterocycles. The third-order valence-corrected chi connectivity index (χ3v) is 5.98. The third kappa shape index (κ3) is 4.53. The molecule has 0 saturated carbocycles. The maximum absolute atomic E-state index is 13.2. The molecule has 184 valence electrons. The van der Waals surface area contributed by atoms with Crippen LogP contribution in [0, 0.1) is 6.92 Å². The van der Waals surface area contributed by atoms with E-state index in [1.807, 2.05) is 24.3 Å². The number of aryl methyl sites for hydroxylation is 1. The van der Waals surface area contributed by atoms with Gasteiger partial charge in [0.2, 0.25) is 0 Å². The fraction of sp³-hybridized carbons (Fsp3) is 0.179. The van der Waals surface area contributed by atoms with Crippen LogP contribution in [-0.4, -0.2) is 38.2 Å². The lowest BCUT2D eigenvalue weighted by Gasteiger charge is -2.12. The number of aromatic carboxylic acids is 1. The second kappa shape index (κ2) is 9.95. The zero-order valence-corrected chi connectivity index (χ0v) is 20.2. The maximum atomic E-state index is 13.2. The Bertz CT molecular complexity index is 1550. The second-order valence-corrected chi connectivity index (χ2v) is 8.11. The van der Waals surface area contributed by atoms with Crippen LogP contribution in [0.5, 0.6) is 17.2 Å². The highest BCUT2D eigenvalue weighted by atomic mass is 16.5. The first kappa shape index (κ1) is 24.5. The molecule has 0 unspecified atom stereocenters. The summed E-state index contributed by atoms with van der Waals surface area (Å²) < 4.78 is 21.5. The van der Waals surface area contributed by atoms with Gasteiger partial charge in [0.25, 0.3) is 0 Å². The Morgan fingerprint density at radius 2 is 1.67 bits per heavy atom. The largest absolute Gasteiger partial charge is 0.497 e. The van der Waals surface area contributed by atoms with Gasteiger partial charge in [0, 0.05) is 34.1 Å². The van der Waals surface area contributed by atoms with Gasteiger partial charge < -0.3 is 23.7 Å². The van der Waals surface area contributed by atoms with Crippen LogP contribution < -0.4 is 19.8 Å². The lowest BCUT2D eigenvalue weighted by Crippen LogP contribution is -2.14. The number of ether oxygens (including phenoxy) is 3. The molecule has 0 spiro atoms. The summed E-state index contributed by atoms with van der Waals surface area (Å²) in [7, 11) is 4.48. The number of hydrogen-bond acceptors (Lipinski definition) is 7. The van der Waals surface area contributed by atoms with Crippen molar-refractivity contribution in [2.75, 3.05) is 21.3 Å². The maximum Gasteiger partial charge on any atom is 0.339 e. The number of hydrogen-bond donors (Lipinski definition) is 1. The van der Waals surface area contributed by atoms with E-state index in [1.165, 1.54) is 19.2 Å². The molecule has 1 aromatic heterocycles. The van der Waals surface area contributed by atoms with E-state index in [2.05, 4.69) is 0 Å². The highest BCUT2D eigenvalue weighted by Crippen LogP contribution is 2.34. The van der Waals surface area contributed by atoms with E-state index in [9.17, 15) is 19.5 Å². The molecule has 0 aliphatic carbocycles. The molecule has 0 aliphatic heterocycles. The van der Waals surface area contributed by atoms with Crippen LogP contribution in [0.1, 0.15) is 31.8 Å². The lowest BCUT2D eigenvalue weighted by atomic mass is 9.97. The zero-order valence-electron chi connectivity index (χ0n) is 20.2. The van der Waals surface area contributed by atoms with Crippen molar-refractivity contribution in [2.24, 2.45) is 0 Å². The summed E-state index contributed by atoms with van der Waals surface area (Å²) in [5.41, 5.74) is 1.67. The second-order valence-electron chi connectivity index (χ2n) is 8.11. The summed E-state index contributed by atoms with van der Waals surface area (Å²) in [5.74, 6) is -0.103. The summed E-state index contributed by atoms with van der Waals surface area (Å²) in [5, 5.41) is 9.98. The molecule has 3 aromatic carbocycles. The lowest BCUT2D eigenvalue weighted by molar-refractivity contribution is 0.0692. The number of ketones is 1. The van der Waals surface area contributed by atoms with Crippen LogP contribution in [0.4, 0.5) is 0 Å². The van der Waals surface area contributed by atoms with Crippen LogP contribution in [0.2, 0.25) is 0 Å². The summed E-state index contributed by atoms with van der Waals surface area (Å²) in [6, 6.07) is 15.5. The Hall–Kier alpha value is -4.59. The van der Waals surface area contributed by atoms with Crippen LogP contribution >= 0.6 is 0 Å². The number of Topliss-reactive ketones (excluding diaryl/α,β-unsaturated/α-hetero) is 1. The molecular formula is C28H24O8.